The van der Waals surface area contributed by atoms with Crippen molar-refractivity contribution in [2.75, 3.05) is 12.3 Å². The molecule has 14 heavy (non-hydrogen) atoms. The van der Waals surface area contributed by atoms with Gasteiger partial charge in [-0.3, -0.25) is 0 Å². The zero-order valence-electron chi connectivity index (χ0n) is 9.04. The molecule has 6 heteroatoms. The van der Waals surface area contributed by atoms with Gasteiger partial charge in [-0.1, -0.05) is 13.8 Å². The van der Waals surface area contributed by atoms with Crippen LogP contribution in [0.1, 0.15) is 33.6 Å². The Hall–Kier alpha value is 0.160. The molecule has 0 spiro atoms. The van der Waals surface area contributed by atoms with Gasteiger partial charge >= 0.3 is 0 Å². The predicted octanol–water partition coefficient (Wildman–Crippen LogP) is 0.865. The summed E-state index contributed by atoms with van der Waals surface area (Å²) < 4.78 is 24.7. The smallest absolute Gasteiger partial charge is 0.211 e. The van der Waals surface area contributed by atoms with E-state index in [1.807, 2.05) is 13.8 Å². The normalized spacial score (nSPS) is 12.3. The number of hydrogen-bond acceptors (Lipinski definition) is 3. The molecule has 0 aromatic rings. The van der Waals surface area contributed by atoms with Crippen LogP contribution >= 0.6 is 12.4 Å². The van der Waals surface area contributed by atoms with Crippen LogP contribution in [0.25, 0.3) is 0 Å². The second kappa shape index (κ2) is 6.61. The first kappa shape index (κ1) is 16.6. The molecule has 0 saturated heterocycles. The Morgan fingerprint density at radius 3 is 1.93 bits per heavy atom. The molecule has 0 rings (SSSR count). The molecule has 4 nitrogen and oxygen atoms in total. The molecule has 0 aliphatic heterocycles. The van der Waals surface area contributed by atoms with E-state index in [9.17, 15) is 8.42 Å². The maximum Gasteiger partial charge on any atom is 0.211 e. The molecule has 0 aliphatic rings. The maximum atomic E-state index is 11.1. The van der Waals surface area contributed by atoms with E-state index >= 15 is 0 Å². The summed E-state index contributed by atoms with van der Waals surface area (Å²) in [6.07, 6.45) is 1.55. The van der Waals surface area contributed by atoms with E-state index in [-0.39, 0.29) is 18.2 Å². The van der Waals surface area contributed by atoms with E-state index in [0.717, 1.165) is 12.8 Å². The fraction of sp³-hybridized carbons (Fsp3) is 1.00. The Morgan fingerprint density at radius 2 is 1.64 bits per heavy atom. The van der Waals surface area contributed by atoms with Crippen molar-refractivity contribution >= 4 is 22.4 Å². The lowest BCUT2D eigenvalue weighted by Gasteiger charge is -2.26. The fourth-order valence-electron chi connectivity index (χ4n) is 0.856. The van der Waals surface area contributed by atoms with Gasteiger partial charge in [0, 0.05) is 12.1 Å². The lowest BCUT2D eigenvalue weighted by molar-refractivity contribution is 0.392. The summed E-state index contributed by atoms with van der Waals surface area (Å²) in [6.45, 7) is 5.86. The summed E-state index contributed by atoms with van der Waals surface area (Å²) in [5.74, 6) is 0.108. The lowest BCUT2D eigenvalue weighted by Crippen LogP contribution is -2.49. The van der Waals surface area contributed by atoms with Crippen LogP contribution in [0, 0.1) is 0 Å². The zero-order chi connectivity index (χ0) is 10.5. The van der Waals surface area contributed by atoms with Crippen molar-refractivity contribution in [1.29, 1.82) is 0 Å². The highest BCUT2D eigenvalue weighted by Gasteiger charge is 2.22. The fourth-order valence-corrected chi connectivity index (χ4v) is 1.57. The summed E-state index contributed by atoms with van der Waals surface area (Å²) >= 11 is 0. The Labute approximate surface area is 93.1 Å². The SMILES string of the molecule is CCC(N)(CC)CNS(=O)(=O)CC.Cl. The van der Waals surface area contributed by atoms with Crippen LogP contribution < -0.4 is 10.5 Å². The van der Waals surface area contributed by atoms with Crippen molar-refractivity contribution in [2.45, 2.75) is 39.2 Å². The lowest BCUT2D eigenvalue weighted by atomic mass is 9.95. The Kier molecular flexibility index (Phi) is 7.83. The van der Waals surface area contributed by atoms with E-state index in [1.54, 1.807) is 6.92 Å². The van der Waals surface area contributed by atoms with Crippen LogP contribution in [0.3, 0.4) is 0 Å². The first-order valence-corrected chi connectivity index (χ1v) is 6.30. The van der Waals surface area contributed by atoms with Gasteiger partial charge in [0.2, 0.25) is 10.0 Å². The largest absolute Gasteiger partial charge is 0.324 e. The topological polar surface area (TPSA) is 72.2 Å². The van der Waals surface area contributed by atoms with Crippen LogP contribution in [0.5, 0.6) is 0 Å². The molecule has 0 heterocycles. The second-order valence-corrected chi connectivity index (χ2v) is 5.39. The van der Waals surface area contributed by atoms with Crippen LogP contribution in [0.15, 0.2) is 0 Å². The summed E-state index contributed by atoms with van der Waals surface area (Å²) in [6, 6.07) is 0. The van der Waals surface area contributed by atoms with Gasteiger partial charge in [0.25, 0.3) is 0 Å². The number of nitrogens with two attached hydrogens (primary N) is 1. The molecule has 0 unspecified atom stereocenters. The van der Waals surface area contributed by atoms with E-state index in [2.05, 4.69) is 4.72 Å². The molecule has 0 atom stereocenters. The summed E-state index contributed by atoms with van der Waals surface area (Å²) in [7, 11) is -3.10. The molecule has 0 aromatic carbocycles. The molecule has 3 N–H and O–H groups in total. The number of hydrogen-bond donors (Lipinski definition) is 2. The van der Waals surface area contributed by atoms with Crippen molar-refractivity contribution in [3.8, 4) is 0 Å². The monoisotopic (exact) mass is 244 g/mol. The minimum Gasteiger partial charge on any atom is -0.324 e. The number of halogens is 1. The third kappa shape index (κ3) is 5.80. The highest BCUT2D eigenvalue weighted by Crippen LogP contribution is 2.09. The van der Waals surface area contributed by atoms with E-state index < -0.39 is 15.6 Å². The summed E-state index contributed by atoms with van der Waals surface area (Å²) in [5.41, 5.74) is 5.53. The molecule has 88 valence electrons. The van der Waals surface area contributed by atoms with E-state index in [4.69, 9.17) is 5.73 Å². The minimum atomic E-state index is -3.10. The van der Waals surface area contributed by atoms with Gasteiger partial charge < -0.3 is 5.73 Å². The molecule has 0 amide bonds. The molecule has 0 radical (unpaired) electrons. The minimum absolute atomic E-state index is 0. The highest BCUT2D eigenvalue weighted by atomic mass is 35.5. The van der Waals surface area contributed by atoms with Crippen molar-refractivity contribution < 1.29 is 8.42 Å². The quantitative estimate of drug-likeness (QED) is 0.728. The molecule has 0 aromatic heterocycles. The van der Waals surface area contributed by atoms with Crippen LogP contribution in [-0.2, 0) is 10.0 Å². The molecule has 0 aliphatic carbocycles. The van der Waals surface area contributed by atoms with E-state index in [1.165, 1.54) is 0 Å². The first-order valence-electron chi connectivity index (χ1n) is 4.65. The van der Waals surface area contributed by atoms with Crippen molar-refractivity contribution in [2.24, 2.45) is 5.73 Å². The van der Waals surface area contributed by atoms with E-state index in [0.29, 0.717) is 6.54 Å². The average molecular weight is 245 g/mol. The third-order valence-corrected chi connectivity index (χ3v) is 3.78. The van der Waals surface area contributed by atoms with Gasteiger partial charge in [-0.25, -0.2) is 13.1 Å². The van der Waals surface area contributed by atoms with Crippen LogP contribution in [0.4, 0.5) is 0 Å². The zero-order valence-corrected chi connectivity index (χ0v) is 10.7. The highest BCUT2D eigenvalue weighted by molar-refractivity contribution is 7.89. The average Bonchev–Trinajstić information content (AvgIpc) is 2.14. The van der Waals surface area contributed by atoms with Crippen molar-refractivity contribution in [1.82, 2.24) is 4.72 Å². The van der Waals surface area contributed by atoms with Gasteiger partial charge in [0.15, 0.2) is 0 Å². The standard InChI is InChI=1S/C8H20N2O2S.ClH/c1-4-8(9,5-2)7-10-13(11,12)6-3;/h10H,4-7,9H2,1-3H3;1H. The molecule has 0 bridgehead atoms. The second-order valence-electron chi connectivity index (χ2n) is 3.29. The predicted molar refractivity (Wildman–Crippen MR) is 62.2 cm³/mol. The van der Waals surface area contributed by atoms with Gasteiger partial charge in [0.1, 0.15) is 0 Å². The Bertz CT molecular complexity index is 238. The third-order valence-electron chi connectivity index (χ3n) is 2.43. The summed E-state index contributed by atoms with van der Waals surface area (Å²) in [4.78, 5) is 0. The summed E-state index contributed by atoms with van der Waals surface area (Å²) in [5, 5.41) is 0. The Balaban J connectivity index is 0. The number of rotatable bonds is 6. The van der Waals surface area contributed by atoms with Crippen molar-refractivity contribution in [3.05, 3.63) is 0 Å². The van der Waals surface area contributed by atoms with Gasteiger partial charge in [-0.05, 0) is 19.8 Å². The molecule has 0 fully saturated rings. The van der Waals surface area contributed by atoms with Gasteiger partial charge in [-0.2, -0.15) is 0 Å². The first-order chi connectivity index (χ1) is 5.89. The molecule has 0 saturated carbocycles. The van der Waals surface area contributed by atoms with Gasteiger partial charge in [0.05, 0.1) is 5.75 Å². The molecular weight excluding hydrogens is 224 g/mol. The maximum absolute atomic E-state index is 11.1. The van der Waals surface area contributed by atoms with Crippen LogP contribution in [0.2, 0.25) is 0 Å². The van der Waals surface area contributed by atoms with Gasteiger partial charge in [-0.15, -0.1) is 12.4 Å². The molecular formula is C8H21ClN2O2S. The van der Waals surface area contributed by atoms with Crippen LogP contribution in [-0.4, -0.2) is 26.3 Å². The number of nitrogens with one attached hydrogen (secondary N) is 1. The van der Waals surface area contributed by atoms with Crippen molar-refractivity contribution in [3.63, 3.8) is 0 Å². The number of sulfonamides is 1. The Morgan fingerprint density at radius 1 is 1.21 bits per heavy atom.